The standard InChI is InChI=1S/C27H37N3O/c1-4-20-12-13-29-25-18-22(28-14-15-31)17-24(27(20)25)21-10-11-26(19(2)16-21)30(3)23-8-6-5-7-9-23/h10-11,13,16-18,20,23,28,31H,4-9,12,14-15H2,1-3H3. The van der Waals surface area contributed by atoms with E-state index in [2.05, 4.69) is 67.7 Å². The molecule has 1 unspecified atom stereocenters. The van der Waals surface area contributed by atoms with E-state index in [-0.39, 0.29) is 6.61 Å². The molecule has 2 aromatic carbocycles. The van der Waals surface area contributed by atoms with Gasteiger partial charge in [0.15, 0.2) is 0 Å². The number of fused-ring (bicyclic) bond motifs is 1. The first kappa shape index (κ1) is 21.9. The molecule has 1 saturated carbocycles. The second kappa shape index (κ2) is 9.86. The lowest BCUT2D eigenvalue weighted by atomic mass is 9.83. The number of nitrogens with one attached hydrogen (secondary N) is 1. The maximum atomic E-state index is 9.26. The zero-order valence-corrected chi connectivity index (χ0v) is 19.3. The van der Waals surface area contributed by atoms with Crippen LogP contribution in [0.1, 0.15) is 68.9 Å². The van der Waals surface area contributed by atoms with Gasteiger partial charge >= 0.3 is 0 Å². The Hall–Kier alpha value is -2.33. The zero-order chi connectivity index (χ0) is 21.8. The summed E-state index contributed by atoms with van der Waals surface area (Å²) in [6.07, 6.45) is 10.9. The minimum Gasteiger partial charge on any atom is -0.395 e. The fourth-order valence-electron chi connectivity index (χ4n) is 5.37. The molecule has 1 heterocycles. The maximum absolute atomic E-state index is 9.26. The molecule has 1 aliphatic carbocycles. The van der Waals surface area contributed by atoms with E-state index in [0.29, 0.717) is 18.5 Å². The Morgan fingerprint density at radius 2 is 1.94 bits per heavy atom. The van der Waals surface area contributed by atoms with Crippen LogP contribution in [0, 0.1) is 6.92 Å². The fraction of sp³-hybridized carbons (Fsp3) is 0.519. The van der Waals surface area contributed by atoms with Gasteiger partial charge in [0.05, 0.1) is 12.3 Å². The number of aliphatic hydroxyl groups is 1. The first-order chi connectivity index (χ1) is 15.1. The Bertz CT molecular complexity index is 930. The maximum Gasteiger partial charge on any atom is 0.0687 e. The first-order valence-electron chi connectivity index (χ1n) is 12.0. The summed E-state index contributed by atoms with van der Waals surface area (Å²) < 4.78 is 0. The van der Waals surface area contributed by atoms with Crippen LogP contribution in [-0.4, -0.2) is 37.6 Å². The Labute approximate surface area is 187 Å². The molecule has 31 heavy (non-hydrogen) atoms. The summed E-state index contributed by atoms with van der Waals surface area (Å²) >= 11 is 0. The van der Waals surface area contributed by atoms with E-state index in [4.69, 9.17) is 4.99 Å². The quantitative estimate of drug-likeness (QED) is 0.543. The van der Waals surface area contributed by atoms with E-state index in [9.17, 15) is 5.11 Å². The van der Waals surface area contributed by atoms with E-state index in [1.165, 1.54) is 60.0 Å². The highest BCUT2D eigenvalue weighted by molar-refractivity contribution is 5.84. The molecule has 4 nitrogen and oxygen atoms in total. The van der Waals surface area contributed by atoms with Gasteiger partial charge in [-0.3, -0.25) is 4.99 Å². The monoisotopic (exact) mass is 419 g/mol. The number of hydrogen-bond acceptors (Lipinski definition) is 4. The minimum atomic E-state index is 0.120. The molecule has 4 heteroatoms. The van der Waals surface area contributed by atoms with Gasteiger partial charge in [0.2, 0.25) is 0 Å². The Kier molecular flexibility index (Phi) is 6.96. The topological polar surface area (TPSA) is 47.9 Å². The number of hydrogen-bond donors (Lipinski definition) is 2. The summed E-state index contributed by atoms with van der Waals surface area (Å²) in [4.78, 5) is 7.25. The molecule has 1 aliphatic heterocycles. The first-order valence-corrected chi connectivity index (χ1v) is 12.0. The Morgan fingerprint density at radius 1 is 1.13 bits per heavy atom. The van der Waals surface area contributed by atoms with E-state index in [0.717, 1.165) is 24.2 Å². The van der Waals surface area contributed by atoms with Crippen molar-refractivity contribution in [2.45, 2.75) is 70.8 Å². The van der Waals surface area contributed by atoms with Gasteiger partial charge < -0.3 is 15.3 Å². The van der Waals surface area contributed by atoms with Gasteiger partial charge in [-0.25, -0.2) is 0 Å². The van der Waals surface area contributed by atoms with Gasteiger partial charge in [0, 0.05) is 37.2 Å². The normalized spacial score (nSPS) is 18.6. The Morgan fingerprint density at radius 3 is 2.65 bits per heavy atom. The molecular formula is C27H37N3O. The lowest BCUT2D eigenvalue weighted by molar-refractivity contribution is 0.311. The van der Waals surface area contributed by atoms with Crippen molar-refractivity contribution in [3.63, 3.8) is 0 Å². The predicted octanol–water partition coefficient (Wildman–Crippen LogP) is 6.43. The predicted molar refractivity (Wildman–Crippen MR) is 133 cm³/mol. The molecule has 0 radical (unpaired) electrons. The number of aliphatic imine (C=N–C) groups is 1. The van der Waals surface area contributed by atoms with Crippen molar-refractivity contribution in [3.8, 4) is 11.1 Å². The van der Waals surface area contributed by atoms with Crippen LogP contribution in [0.15, 0.2) is 35.3 Å². The fourth-order valence-corrected chi connectivity index (χ4v) is 5.37. The summed E-state index contributed by atoms with van der Waals surface area (Å²) in [6.45, 7) is 5.18. The number of nitrogens with zero attached hydrogens (tertiary/aromatic N) is 2. The van der Waals surface area contributed by atoms with Crippen molar-refractivity contribution in [3.05, 3.63) is 41.5 Å². The van der Waals surface area contributed by atoms with Crippen LogP contribution in [0.2, 0.25) is 0 Å². The third kappa shape index (κ3) is 4.64. The highest BCUT2D eigenvalue weighted by atomic mass is 16.3. The molecule has 2 aliphatic rings. The smallest absolute Gasteiger partial charge is 0.0687 e. The summed E-state index contributed by atoms with van der Waals surface area (Å²) in [5, 5.41) is 12.6. The lowest BCUT2D eigenvalue weighted by Gasteiger charge is -2.34. The highest BCUT2D eigenvalue weighted by Crippen LogP contribution is 2.44. The van der Waals surface area contributed by atoms with E-state index >= 15 is 0 Å². The Balaban J connectivity index is 1.72. The third-order valence-electron chi connectivity index (χ3n) is 7.13. The van der Waals surface area contributed by atoms with Crippen molar-refractivity contribution in [1.29, 1.82) is 0 Å². The number of benzene rings is 2. The molecule has 4 rings (SSSR count). The number of anilines is 2. The van der Waals surface area contributed by atoms with Gasteiger partial charge in [0.1, 0.15) is 0 Å². The van der Waals surface area contributed by atoms with Crippen LogP contribution in [0.25, 0.3) is 11.1 Å². The molecule has 1 fully saturated rings. The average molecular weight is 420 g/mol. The van der Waals surface area contributed by atoms with Gasteiger partial charge in [-0.05, 0) is 85.0 Å². The van der Waals surface area contributed by atoms with Crippen LogP contribution >= 0.6 is 0 Å². The second-order valence-electron chi connectivity index (χ2n) is 9.16. The summed E-state index contributed by atoms with van der Waals surface area (Å²) in [5.41, 5.74) is 8.68. The van der Waals surface area contributed by atoms with Crippen LogP contribution in [0.4, 0.5) is 17.1 Å². The van der Waals surface area contributed by atoms with Crippen molar-refractivity contribution < 1.29 is 5.11 Å². The lowest BCUT2D eigenvalue weighted by Crippen LogP contribution is -2.33. The van der Waals surface area contributed by atoms with Gasteiger partial charge in [-0.15, -0.1) is 0 Å². The van der Waals surface area contributed by atoms with Crippen LogP contribution < -0.4 is 10.2 Å². The number of aliphatic hydroxyl groups excluding tert-OH is 1. The molecule has 2 N–H and O–H groups in total. The average Bonchev–Trinajstić information content (AvgIpc) is 2.81. The summed E-state index contributed by atoms with van der Waals surface area (Å²) in [6, 6.07) is 12.0. The molecule has 0 amide bonds. The van der Waals surface area contributed by atoms with E-state index < -0.39 is 0 Å². The second-order valence-corrected chi connectivity index (χ2v) is 9.16. The number of aryl methyl sites for hydroxylation is 1. The largest absolute Gasteiger partial charge is 0.395 e. The molecule has 0 spiro atoms. The molecule has 166 valence electrons. The van der Waals surface area contributed by atoms with E-state index in [1.54, 1.807) is 0 Å². The van der Waals surface area contributed by atoms with Gasteiger partial charge in [-0.2, -0.15) is 0 Å². The van der Waals surface area contributed by atoms with Crippen molar-refractivity contribution >= 4 is 23.3 Å². The van der Waals surface area contributed by atoms with E-state index in [1.807, 2.05) is 0 Å². The van der Waals surface area contributed by atoms with Crippen molar-refractivity contribution in [2.75, 3.05) is 30.4 Å². The molecule has 0 aromatic heterocycles. The number of rotatable bonds is 7. The molecule has 2 aromatic rings. The van der Waals surface area contributed by atoms with Gasteiger partial charge in [0.25, 0.3) is 0 Å². The summed E-state index contributed by atoms with van der Waals surface area (Å²) in [7, 11) is 2.27. The molecule has 0 saturated heterocycles. The van der Waals surface area contributed by atoms with Crippen molar-refractivity contribution in [1.82, 2.24) is 0 Å². The minimum absolute atomic E-state index is 0.120. The highest BCUT2D eigenvalue weighted by Gasteiger charge is 2.23. The molecule has 0 bridgehead atoms. The van der Waals surface area contributed by atoms with Crippen LogP contribution in [0.5, 0.6) is 0 Å². The van der Waals surface area contributed by atoms with Gasteiger partial charge in [-0.1, -0.05) is 32.3 Å². The SMILES string of the molecule is CCC1CC=Nc2cc(NCCO)cc(-c3ccc(N(C)C4CCCCC4)c(C)c3)c21. The molecular weight excluding hydrogens is 382 g/mol. The van der Waals surface area contributed by atoms with Crippen molar-refractivity contribution in [2.24, 2.45) is 4.99 Å². The van der Waals surface area contributed by atoms with Crippen LogP contribution in [-0.2, 0) is 0 Å². The summed E-state index contributed by atoms with van der Waals surface area (Å²) in [5.74, 6) is 0.499. The zero-order valence-electron chi connectivity index (χ0n) is 19.3. The third-order valence-corrected chi connectivity index (χ3v) is 7.13. The molecule has 1 atom stereocenters. The van der Waals surface area contributed by atoms with Crippen LogP contribution in [0.3, 0.4) is 0 Å².